The highest BCUT2D eigenvalue weighted by atomic mass is 16.2. The van der Waals surface area contributed by atoms with E-state index in [2.05, 4.69) is 41.4 Å². The number of aromatic nitrogens is 1. The maximum absolute atomic E-state index is 12.3. The van der Waals surface area contributed by atoms with Crippen LogP contribution in [0.3, 0.4) is 0 Å². The minimum absolute atomic E-state index is 0.0568. The summed E-state index contributed by atoms with van der Waals surface area (Å²) in [7, 11) is 1.69. The average Bonchev–Trinajstić information content (AvgIpc) is 3.16. The normalized spacial score (nSPS) is 15.3. The first-order chi connectivity index (χ1) is 11.7. The molecule has 0 spiro atoms. The van der Waals surface area contributed by atoms with Gasteiger partial charge in [0.05, 0.1) is 6.04 Å². The molecular formula is C19H26N4O. The standard InChI is InChI=1S/C19H26N4O/c1-3-16-8-4-5-9-18(16)21-14-10-17(11-15-21)23(19(24)20-2)22-12-6-7-13-22/h4-9,12-13,17H,3,10-11,14-15H2,1-2H3,(H,20,24). The van der Waals surface area contributed by atoms with Gasteiger partial charge in [0.15, 0.2) is 0 Å². The zero-order valence-electron chi connectivity index (χ0n) is 14.5. The number of para-hydroxylation sites is 1. The van der Waals surface area contributed by atoms with E-state index in [1.165, 1.54) is 11.3 Å². The van der Waals surface area contributed by atoms with Crippen molar-refractivity contribution in [3.63, 3.8) is 0 Å². The first-order valence-electron chi connectivity index (χ1n) is 8.71. The molecule has 2 amide bonds. The summed E-state index contributed by atoms with van der Waals surface area (Å²) in [6, 6.07) is 12.7. The van der Waals surface area contributed by atoms with Crippen LogP contribution in [0.2, 0.25) is 0 Å². The second-order valence-electron chi connectivity index (χ2n) is 6.16. The average molecular weight is 326 g/mol. The van der Waals surface area contributed by atoms with Crippen LogP contribution in [-0.2, 0) is 6.42 Å². The number of anilines is 1. The molecule has 2 heterocycles. The number of benzene rings is 1. The van der Waals surface area contributed by atoms with Gasteiger partial charge in [0, 0.05) is 38.2 Å². The number of urea groups is 1. The van der Waals surface area contributed by atoms with Crippen molar-refractivity contribution < 1.29 is 4.79 Å². The lowest BCUT2D eigenvalue weighted by molar-refractivity contribution is 0.236. The van der Waals surface area contributed by atoms with Crippen molar-refractivity contribution in [2.45, 2.75) is 32.2 Å². The molecule has 0 saturated carbocycles. The van der Waals surface area contributed by atoms with Crippen molar-refractivity contribution in [2.75, 3.05) is 30.0 Å². The fourth-order valence-corrected chi connectivity index (χ4v) is 3.51. The molecule has 1 aromatic heterocycles. The second kappa shape index (κ2) is 7.43. The maximum atomic E-state index is 12.3. The second-order valence-corrected chi connectivity index (χ2v) is 6.16. The molecule has 1 fully saturated rings. The third-order valence-electron chi connectivity index (χ3n) is 4.78. The Hall–Kier alpha value is -2.43. The van der Waals surface area contributed by atoms with Gasteiger partial charge in [-0.2, -0.15) is 0 Å². The van der Waals surface area contributed by atoms with Crippen LogP contribution in [0.25, 0.3) is 0 Å². The Kier molecular flexibility index (Phi) is 5.08. The fourth-order valence-electron chi connectivity index (χ4n) is 3.51. The summed E-state index contributed by atoms with van der Waals surface area (Å²) in [5.41, 5.74) is 2.73. The highest BCUT2D eigenvalue weighted by Gasteiger charge is 2.29. The van der Waals surface area contributed by atoms with Gasteiger partial charge in [-0.15, -0.1) is 0 Å². The van der Waals surface area contributed by atoms with Crippen LogP contribution >= 0.6 is 0 Å². The lowest BCUT2D eigenvalue weighted by atomic mass is 10.0. The largest absolute Gasteiger partial charge is 0.371 e. The van der Waals surface area contributed by atoms with E-state index >= 15 is 0 Å². The Balaban J connectivity index is 1.72. The Morgan fingerprint density at radius 2 is 1.83 bits per heavy atom. The molecule has 1 N–H and O–H groups in total. The number of amides is 2. The van der Waals surface area contributed by atoms with Gasteiger partial charge in [-0.25, -0.2) is 9.80 Å². The smallest absolute Gasteiger partial charge is 0.336 e. The summed E-state index contributed by atoms with van der Waals surface area (Å²) in [6.07, 6.45) is 6.82. The zero-order chi connectivity index (χ0) is 16.9. The van der Waals surface area contributed by atoms with Crippen molar-refractivity contribution >= 4 is 11.7 Å². The number of hydrogen-bond donors (Lipinski definition) is 1. The molecular weight excluding hydrogens is 300 g/mol. The third kappa shape index (κ3) is 3.25. The van der Waals surface area contributed by atoms with E-state index in [4.69, 9.17) is 0 Å². The summed E-state index contributed by atoms with van der Waals surface area (Å²) < 4.78 is 1.89. The molecule has 0 radical (unpaired) electrons. The van der Waals surface area contributed by atoms with Crippen LogP contribution in [0, 0.1) is 0 Å². The number of carbonyl (C=O) groups is 1. The lowest BCUT2D eigenvalue weighted by Crippen LogP contribution is -2.55. The van der Waals surface area contributed by atoms with Gasteiger partial charge < -0.3 is 10.2 Å². The number of nitrogens with zero attached hydrogens (tertiary/aromatic N) is 3. The van der Waals surface area contributed by atoms with Crippen LogP contribution in [-0.4, -0.2) is 36.9 Å². The molecule has 1 aliphatic heterocycles. The molecule has 2 aromatic rings. The van der Waals surface area contributed by atoms with Gasteiger partial charge in [-0.05, 0) is 43.0 Å². The number of hydrogen-bond acceptors (Lipinski definition) is 2. The van der Waals surface area contributed by atoms with Crippen LogP contribution < -0.4 is 15.2 Å². The summed E-state index contributed by atoms with van der Waals surface area (Å²) in [5, 5.41) is 4.60. The maximum Gasteiger partial charge on any atom is 0.336 e. The van der Waals surface area contributed by atoms with Gasteiger partial charge in [0.2, 0.25) is 0 Å². The SMILES string of the molecule is CCc1ccccc1N1CCC(N(C(=O)NC)n2cccc2)CC1. The minimum Gasteiger partial charge on any atom is -0.371 e. The summed E-state index contributed by atoms with van der Waals surface area (Å²) in [5.74, 6) is 0. The number of nitrogens with one attached hydrogen (secondary N) is 1. The van der Waals surface area contributed by atoms with E-state index in [1.807, 2.05) is 34.2 Å². The topological polar surface area (TPSA) is 40.5 Å². The van der Waals surface area contributed by atoms with E-state index in [-0.39, 0.29) is 12.1 Å². The van der Waals surface area contributed by atoms with Crippen LogP contribution in [0.5, 0.6) is 0 Å². The lowest BCUT2D eigenvalue weighted by Gasteiger charge is -2.39. The van der Waals surface area contributed by atoms with Crippen molar-refractivity contribution in [2.24, 2.45) is 0 Å². The predicted octanol–water partition coefficient (Wildman–Crippen LogP) is 3.00. The Bertz CT molecular complexity index is 660. The molecule has 24 heavy (non-hydrogen) atoms. The molecule has 0 aliphatic carbocycles. The van der Waals surface area contributed by atoms with Crippen molar-refractivity contribution in [1.82, 2.24) is 9.99 Å². The van der Waals surface area contributed by atoms with E-state index < -0.39 is 0 Å². The van der Waals surface area contributed by atoms with E-state index in [9.17, 15) is 4.79 Å². The van der Waals surface area contributed by atoms with Gasteiger partial charge >= 0.3 is 6.03 Å². The molecule has 0 unspecified atom stereocenters. The highest BCUT2D eigenvalue weighted by molar-refractivity contribution is 5.84. The molecule has 0 atom stereocenters. The van der Waals surface area contributed by atoms with Crippen LogP contribution in [0.1, 0.15) is 25.3 Å². The van der Waals surface area contributed by atoms with Gasteiger partial charge in [0.1, 0.15) is 0 Å². The Morgan fingerprint density at radius 1 is 1.17 bits per heavy atom. The predicted molar refractivity (Wildman–Crippen MR) is 98.2 cm³/mol. The monoisotopic (exact) mass is 326 g/mol. The quantitative estimate of drug-likeness (QED) is 0.938. The number of rotatable bonds is 4. The Morgan fingerprint density at radius 3 is 2.46 bits per heavy atom. The summed E-state index contributed by atoms with van der Waals surface area (Å²) >= 11 is 0. The number of piperidine rings is 1. The molecule has 1 saturated heterocycles. The Labute approximate surface area is 143 Å². The van der Waals surface area contributed by atoms with Crippen molar-refractivity contribution in [3.8, 4) is 0 Å². The van der Waals surface area contributed by atoms with Crippen LogP contribution in [0.15, 0.2) is 48.8 Å². The third-order valence-corrected chi connectivity index (χ3v) is 4.78. The van der Waals surface area contributed by atoms with Crippen LogP contribution in [0.4, 0.5) is 10.5 Å². The minimum atomic E-state index is -0.0568. The highest BCUT2D eigenvalue weighted by Crippen LogP contribution is 2.26. The molecule has 0 bridgehead atoms. The van der Waals surface area contributed by atoms with Gasteiger partial charge in [-0.1, -0.05) is 25.1 Å². The summed E-state index contributed by atoms with van der Waals surface area (Å²) in [4.78, 5) is 14.8. The van der Waals surface area contributed by atoms with E-state index in [0.717, 1.165) is 32.4 Å². The van der Waals surface area contributed by atoms with Gasteiger partial charge in [0.25, 0.3) is 0 Å². The molecule has 5 nitrogen and oxygen atoms in total. The zero-order valence-corrected chi connectivity index (χ0v) is 14.5. The molecule has 3 rings (SSSR count). The number of aryl methyl sites for hydroxylation is 1. The first kappa shape index (κ1) is 16.4. The fraction of sp³-hybridized carbons (Fsp3) is 0.421. The van der Waals surface area contributed by atoms with Crippen molar-refractivity contribution in [3.05, 3.63) is 54.4 Å². The van der Waals surface area contributed by atoms with Crippen molar-refractivity contribution in [1.29, 1.82) is 0 Å². The van der Waals surface area contributed by atoms with Gasteiger partial charge in [-0.3, -0.25) is 4.68 Å². The summed E-state index contributed by atoms with van der Waals surface area (Å²) in [6.45, 7) is 4.14. The van der Waals surface area contributed by atoms with E-state index in [1.54, 1.807) is 7.05 Å². The molecule has 128 valence electrons. The van der Waals surface area contributed by atoms with E-state index in [0.29, 0.717) is 0 Å². The molecule has 1 aromatic carbocycles. The molecule has 1 aliphatic rings. The molecule has 5 heteroatoms. The first-order valence-corrected chi connectivity index (χ1v) is 8.71. The number of carbonyl (C=O) groups excluding carboxylic acids is 1.